The summed E-state index contributed by atoms with van der Waals surface area (Å²) in [6.07, 6.45) is 1.51. The Morgan fingerprint density at radius 3 is 2.76 bits per heavy atom. The maximum atomic E-state index is 12.3. The number of fused-ring (bicyclic) bond motifs is 1. The Morgan fingerprint density at radius 2 is 2.00 bits per heavy atom. The molecule has 4 rings (SSSR count). The number of hydrogen-bond donors (Lipinski definition) is 1. The lowest BCUT2D eigenvalue weighted by molar-refractivity contribution is -0.384. The van der Waals surface area contributed by atoms with E-state index in [2.05, 4.69) is 15.5 Å². The van der Waals surface area contributed by atoms with Crippen molar-refractivity contribution in [2.45, 2.75) is 0 Å². The van der Waals surface area contributed by atoms with Gasteiger partial charge in [0.05, 0.1) is 22.4 Å². The molecule has 0 amide bonds. The first-order chi connectivity index (χ1) is 14.0. The van der Waals surface area contributed by atoms with E-state index in [1.54, 1.807) is 41.8 Å². The zero-order valence-electron chi connectivity index (χ0n) is 14.5. The number of hydrogen-bond acceptors (Lipinski definition) is 8. The summed E-state index contributed by atoms with van der Waals surface area (Å²) in [7, 11) is 0. The fourth-order valence-corrected chi connectivity index (χ4v) is 3.41. The quantitative estimate of drug-likeness (QED) is 0.210. The molecule has 0 saturated carbocycles. The van der Waals surface area contributed by atoms with Crippen LogP contribution in [-0.2, 0) is 0 Å². The number of nitro groups is 1. The fourth-order valence-electron chi connectivity index (χ4n) is 2.57. The van der Waals surface area contributed by atoms with Gasteiger partial charge in [-0.3, -0.25) is 15.5 Å². The van der Waals surface area contributed by atoms with Crippen LogP contribution in [0.3, 0.4) is 0 Å². The van der Waals surface area contributed by atoms with Crippen LogP contribution < -0.4 is 11.1 Å². The molecule has 0 bridgehead atoms. The number of halogens is 1. The van der Waals surface area contributed by atoms with Crippen LogP contribution in [-0.4, -0.2) is 16.1 Å². The van der Waals surface area contributed by atoms with Crippen molar-refractivity contribution in [2.75, 3.05) is 5.43 Å². The molecule has 29 heavy (non-hydrogen) atoms. The third-order valence-electron chi connectivity index (χ3n) is 3.95. The summed E-state index contributed by atoms with van der Waals surface area (Å²) in [5, 5.41) is 18.2. The van der Waals surface area contributed by atoms with E-state index in [0.29, 0.717) is 37.9 Å². The Hall–Kier alpha value is -3.56. The number of benzene rings is 2. The second-order valence-corrected chi connectivity index (χ2v) is 7.18. The number of nitrogens with zero attached hydrogens (tertiary/aromatic N) is 3. The maximum absolute atomic E-state index is 12.3. The first-order valence-electron chi connectivity index (χ1n) is 8.22. The first kappa shape index (κ1) is 18.8. The molecule has 0 aliphatic heterocycles. The molecule has 0 aliphatic carbocycles. The van der Waals surface area contributed by atoms with Crippen molar-refractivity contribution < 1.29 is 9.34 Å². The van der Waals surface area contributed by atoms with Crippen LogP contribution >= 0.6 is 22.9 Å². The van der Waals surface area contributed by atoms with Gasteiger partial charge in [-0.2, -0.15) is 5.10 Å². The van der Waals surface area contributed by atoms with Crippen LogP contribution in [0.2, 0.25) is 5.02 Å². The molecule has 0 fully saturated rings. The smallest absolute Gasteiger partial charge is 0.345 e. The largest absolute Gasteiger partial charge is 0.422 e. The van der Waals surface area contributed by atoms with Crippen molar-refractivity contribution in [3.05, 3.63) is 85.0 Å². The number of nitro benzene ring substituents is 1. The Balaban J connectivity index is 1.52. The van der Waals surface area contributed by atoms with Gasteiger partial charge in [0.15, 0.2) is 0 Å². The van der Waals surface area contributed by atoms with Crippen molar-refractivity contribution in [1.29, 1.82) is 0 Å². The predicted molar refractivity (Wildman–Crippen MR) is 113 cm³/mol. The number of aromatic nitrogens is 1. The Morgan fingerprint density at radius 1 is 1.21 bits per heavy atom. The van der Waals surface area contributed by atoms with Gasteiger partial charge in [-0.15, -0.1) is 11.3 Å². The van der Waals surface area contributed by atoms with Gasteiger partial charge in [-0.1, -0.05) is 11.6 Å². The highest BCUT2D eigenvalue weighted by atomic mass is 35.5. The lowest BCUT2D eigenvalue weighted by Gasteiger charge is -2.00. The second kappa shape index (κ2) is 7.82. The van der Waals surface area contributed by atoms with Crippen LogP contribution in [0.4, 0.5) is 10.8 Å². The van der Waals surface area contributed by atoms with E-state index in [9.17, 15) is 14.9 Å². The number of rotatable bonds is 5. The second-order valence-electron chi connectivity index (χ2n) is 5.89. The van der Waals surface area contributed by atoms with Crippen molar-refractivity contribution in [1.82, 2.24) is 4.98 Å². The lowest BCUT2D eigenvalue weighted by Crippen LogP contribution is -2.03. The standard InChI is InChI=1S/C19H11ClN4O4S/c20-13-3-6-17-12(7-13)8-15(18(25)28-17)16-10-29-19(22-16)23-21-9-11-1-4-14(5-2-11)24(26)27/h1-10H,(H,22,23)/b21-9+. The summed E-state index contributed by atoms with van der Waals surface area (Å²) in [6, 6.07) is 12.7. The van der Waals surface area contributed by atoms with Crippen molar-refractivity contribution in [2.24, 2.45) is 5.10 Å². The molecule has 0 saturated heterocycles. The van der Waals surface area contributed by atoms with E-state index in [0.717, 1.165) is 0 Å². The number of anilines is 1. The Bertz CT molecular complexity index is 1300. The van der Waals surface area contributed by atoms with Crippen molar-refractivity contribution in [3.63, 3.8) is 0 Å². The molecule has 2 heterocycles. The number of thiazole rings is 1. The van der Waals surface area contributed by atoms with E-state index in [-0.39, 0.29) is 5.69 Å². The summed E-state index contributed by atoms with van der Waals surface area (Å²) < 4.78 is 5.33. The van der Waals surface area contributed by atoms with E-state index in [1.165, 1.54) is 29.7 Å². The van der Waals surface area contributed by atoms with Crippen LogP contribution in [0.5, 0.6) is 0 Å². The van der Waals surface area contributed by atoms with Gasteiger partial charge in [0, 0.05) is 27.9 Å². The summed E-state index contributed by atoms with van der Waals surface area (Å²) >= 11 is 7.27. The number of nitrogens with one attached hydrogen (secondary N) is 1. The molecule has 0 atom stereocenters. The average Bonchev–Trinajstić information content (AvgIpc) is 3.17. The van der Waals surface area contributed by atoms with Crippen LogP contribution in [0.25, 0.3) is 22.2 Å². The summed E-state index contributed by atoms with van der Waals surface area (Å²) in [6.45, 7) is 0. The molecule has 2 aromatic heterocycles. The van der Waals surface area contributed by atoms with E-state index in [1.807, 2.05) is 0 Å². The molecule has 0 aliphatic rings. The number of non-ortho nitro benzene ring substituents is 1. The van der Waals surface area contributed by atoms with Crippen LogP contribution in [0, 0.1) is 10.1 Å². The molecule has 0 unspecified atom stereocenters. The van der Waals surface area contributed by atoms with Gasteiger partial charge >= 0.3 is 5.63 Å². The minimum atomic E-state index is -0.494. The topological polar surface area (TPSA) is 111 Å². The average molecular weight is 427 g/mol. The molecular weight excluding hydrogens is 416 g/mol. The maximum Gasteiger partial charge on any atom is 0.345 e. The molecule has 8 nitrogen and oxygen atoms in total. The third kappa shape index (κ3) is 4.15. The highest BCUT2D eigenvalue weighted by Crippen LogP contribution is 2.26. The first-order valence-corrected chi connectivity index (χ1v) is 9.48. The minimum Gasteiger partial charge on any atom is -0.422 e. The highest BCUT2D eigenvalue weighted by Gasteiger charge is 2.12. The fraction of sp³-hybridized carbons (Fsp3) is 0. The van der Waals surface area contributed by atoms with Gasteiger partial charge < -0.3 is 4.42 Å². The molecule has 144 valence electrons. The zero-order valence-corrected chi connectivity index (χ0v) is 16.1. The normalized spacial score (nSPS) is 11.2. The van der Waals surface area contributed by atoms with E-state index < -0.39 is 10.5 Å². The Kier molecular flexibility index (Phi) is 5.07. The van der Waals surface area contributed by atoms with E-state index >= 15 is 0 Å². The van der Waals surface area contributed by atoms with Gasteiger partial charge in [0.25, 0.3) is 5.69 Å². The molecular formula is C19H11ClN4O4S. The Labute approximate surface area is 172 Å². The van der Waals surface area contributed by atoms with E-state index in [4.69, 9.17) is 16.0 Å². The monoisotopic (exact) mass is 426 g/mol. The van der Waals surface area contributed by atoms with Crippen molar-refractivity contribution >= 4 is 50.9 Å². The molecule has 0 spiro atoms. The summed E-state index contributed by atoms with van der Waals surface area (Å²) in [4.78, 5) is 26.8. The zero-order chi connectivity index (χ0) is 20.4. The van der Waals surface area contributed by atoms with Gasteiger partial charge in [-0.25, -0.2) is 9.78 Å². The lowest BCUT2D eigenvalue weighted by atomic mass is 10.1. The summed E-state index contributed by atoms with van der Waals surface area (Å²) in [5.41, 5.74) is 4.21. The minimum absolute atomic E-state index is 0.00942. The number of hydrazone groups is 1. The molecule has 1 N–H and O–H groups in total. The molecule has 4 aromatic rings. The van der Waals surface area contributed by atoms with Crippen molar-refractivity contribution in [3.8, 4) is 11.3 Å². The van der Waals surface area contributed by atoms with Crippen LogP contribution in [0.15, 0.2) is 68.2 Å². The molecule has 0 radical (unpaired) electrons. The van der Waals surface area contributed by atoms with Gasteiger partial charge in [0.1, 0.15) is 5.58 Å². The van der Waals surface area contributed by atoms with Gasteiger partial charge in [0.2, 0.25) is 5.13 Å². The molecule has 10 heteroatoms. The van der Waals surface area contributed by atoms with Gasteiger partial charge in [-0.05, 0) is 42.0 Å². The summed E-state index contributed by atoms with van der Waals surface area (Å²) in [5.74, 6) is 0. The molecule has 2 aromatic carbocycles. The van der Waals surface area contributed by atoms with Crippen LogP contribution in [0.1, 0.15) is 5.56 Å². The highest BCUT2D eigenvalue weighted by molar-refractivity contribution is 7.14. The third-order valence-corrected chi connectivity index (χ3v) is 4.93. The SMILES string of the molecule is O=c1oc2ccc(Cl)cc2cc1-c1csc(N/N=C/c2ccc([N+](=O)[O-])cc2)n1. The predicted octanol–water partition coefficient (Wildman–Crippen LogP) is 4.92.